The molecule has 0 spiro atoms. The summed E-state index contributed by atoms with van der Waals surface area (Å²) in [5, 5.41) is 11.5. The third kappa shape index (κ3) is 10.0. The average Bonchev–Trinajstić information content (AvgIpc) is 3.10. The second kappa shape index (κ2) is 13.4. The molecule has 0 atom stereocenters. The van der Waals surface area contributed by atoms with Gasteiger partial charge in [-0.1, -0.05) is 96.8 Å². The van der Waals surface area contributed by atoms with E-state index in [-0.39, 0.29) is 5.54 Å². The van der Waals surface area contributed by atoms with Gasteiger partial charge >= 0.3 is 0 Å². The molecule has 0 fully saturated rings. The molecule has 24 heavy (non-hydrogen) atoms. The van der Waals surface area contributed by atoms with Crippen molar-refractivity contribution in [3.05, 3.63) is 6.33 Å². The molecular weight excluding hydrogens is 296 g/mol. The fourth-order valence-electron chi connectivity index (χ4n) is 3.31. The molecule has 1 aromatic heterocycles. The van der Waals surface area contributed by atoms with Crippen molar-refractivity contribution < 1.29 is 0 Å². The van der Waals surface area contributed by atoms with Crippen molar-refractivity contribution in [2.24, 2.45) is 0 Å². The van der Waals surface area contributed by atoms with Gasteiger partial charge in [0.2, 0.25) is 0 Å². The fraction of sp³-hybridized carbons (Fsp3) is 0.950. The van der Waals surface area contributed by atoms with Crippen LogP contribution in [0.15, 0.2) is 6.33 Å². The molecule has 4 heteroatoms. The SMILES string of the molecule is CCCCCCCCCCCCCCCCC(C)(C)n1cnnn1. The van der Waals surface area contributed by atoms with E-state index in [1.165, 1.54) is 89.9 Å². The Balaban J connectivity index is 1.82. The van der Waals surface area contributed by atoms with E-state index in [0.717, 1.165) is 6.42 Å². The minimum absolute atomic E-state index is 0.0423. The van der Waals surface area contributed by atoms with Gasteiger partial charge in [0, 0.05) is 0 Å². The molecule has 1 aromatic rings. The minimum atomic E-state index is 0.0423. The van der Waals surface area contributed by atoms with Gasteiger partial charge in [0.15, 0.2) is 0 Å². The van der Waals surface area contributed by atoms with Gasteiger partial charge in [-0.25, -0.2) is 4.68 Å². The maximum Gasteiger partial charge on any atom is 0.138 e. The van der Waals surface area contributed by atoms with Crippen LogP contribution in [0.1, 0.15) is 117 Å². The van der Waals surface area contributed by atoms with E-state index in [4.69, 9.17) is 0 Å². The van der Waals surface area contributed by atoms with Crippen LogP contribution in [-0.4, -0.2) is 20.2 Å². The van der Waals surface area contributed by atoms with Gasteiger partial charge in [-0.05, 0) is 30.7 Å². The van der Waals surface area contributed by atoms with Crippen LogP contribution in [0.4, 0.5) is 0 Å². The molecule has 0 amide bonds. The minimum Gasteiger partial charge on any atom is -0.227 e. The topological polar surface area (TPSA) is 43.6 Å². The van der Waals surface area contributed by atoms with E-state index >= 15 is 0 Å². The number of aromatic nitrogens is 4. The molecule has 0 aliphatic heterocycles. The first-order valence-corrected chi connectivity index (χ1v) is 10.4. The highest BCUT2D eigenvalue weighted by atomic mass is 15.5. The summed E-state index contributed by atoms with van der Waals surface area (Å²) < 4.78 is 1.88. The summed E-state index contributed by atoms with van der Waals surface area (Å²) in [5.74, 6) is 0. The predicted octanol–water partition coefficient (Wildman–Crippen LogP) is 6.28. The van der Waals surface area contributed by atoms with E-state index in [0.29, 0.717) is 0 Å². The van der Waals surface area contributed by atoms with E-state index in [1.807, 2.05) is 4.68 Å². The third-order valence-electron chi connectivity index (χ3n) is 5.11. The smallest absolute Gasteiger partial charge is 0.138 e. The molecule has 0 aliphatic carbocycles. The Morgan fingerprint density at radius 3 is 1.58 bits per heavy atom. The summed E-state index contributed by atoms with van der Waals surface area (Å²) in [6, 6.07) is 0. The molecule has 0 unspecified atom stereocenters. The highest BCUT2D eigenvalue weighted by molar-refractivity contribution is 4.74. The van der Waals surface area contributed by atoms with Crippen molar-refractivity contribution in [3.8, 4) is 0 Å². The molecule has 1 heterocycles. The van der Waals surface area contributed by atoms with Gasteiger partial charge in [-0.3, -0.25) is 0 Å². The Labute approximate surface area is 149 Å². The van der Waals surface area contributed by atoms with Crippen molar-refractivity contribution in [2.45, 2.75) is 123 Å². The molecule has 0 radical (unpaired) electrons. The molecule has 0 saturated carbocycles. The molecule has 0 aromatic carbocycles. The maximum atomic E-state index is 4.03. The fourth-order valence-corrected chi connectivity index (χ4v) is 3.31. The number of hydrogen-bond acceptors (Lipinski definition) is 3. The zero-order valence-electron chi connectivity index (χ0n) is 16.5. The van der Waals surface area contributed by atoms with Crippen LogP contribution in [0, 0.1) is 0 Å². The lowest BCUT2D eigenvalue weighted by molar-refractivity contribution is 0.278. The third-order valence-corrected chi connectivity index (χ3v) is 5.11. The predicted molar refractivity (Wildman–Crippen MR) is 102 cm³/mol. The monoisotopic (exact) mass is 336 g/mol. The first kappa shape index (κ1) is 21.1. The van der Waals surface area contributed by atoms with Gasteiger partial charge in [0.1, 0.15) is 6.33 Å². The van der Waals surface area contributed by atoms with Crippen molar-refractivity contribution >= 4 is 0 Å². The second-order valence-corrected chi connectivity index (χ2v) is 7.91. The normalized spacial score (nSPS) is 12.0. The van der Waals surface area contributed by atoms with E-state index in [9.17, 15) is 0 Å². The van der Waals surface area contributed by atoms with E-state index in [2.05, 4.69) is 36.3 Å². The Hall–Kier alpha value is -0.930. The van der Waals surface area contributed by atoms with Gasteiger partial charge in [-0.2, -0.15) is 0 Å². The van der Waals surface area contributed by atoms with Crippen LogP contribution in [0.5, 0.6) is 0 Å². The number of unbranched alkanes of at least 4 members (excludes halogenated alkanes) is 13. The number of rotatable bonds is 16. The summed E-state index contributed by atoms with van der Waals surface area (Å²) in [7, 11) is 0. The van der Waals surface area contributed by atoms with Crippen molar-refractivity contribution in [1.29, 1.82) is 0 Å². The van der Waals surface area contributed by atoms with Crippen molar-refractivity contribution in [1.82, 2.24) is 20.2 Å². The Bertz CT molecular complexity index is 373. The van der Waals surface area contributed by atoms with Crippen LogP contribution < -0.4 is 0 Å². The van der Waals surface area contributed by atoms with Crippen molar-refractivity contribution in [3.63, 3.8) is 0 Å². The zero-order chi connectivity index (χ0) is 17.5. The summed E-state index contributed by atoms with van der Waals surface area (Å²) in [4.78, 5) is 0. The van der Waals surface area contributed by atoms with Crippen LogP contribution in [0.3, 0.4) is 0 Å². The first-order valence-electron chi connectivity index (χ1n) is 10.4. The summed E-state index contributed by atoms with van der Waals surface area (Å²) in [6.45, 7) is 6.71. The zero-order valence-corrected chi connectivity index (χ0v) is 16.5. The lowest BCUT2D eigenvalue weighted by Gasteiger charge is -2.23. The lowest BCUT2D eigenvalue weighted by atomic mass is 9.96. The molecule has 0 aliphatic rings. The van der Waals surface area contributed by atoms with Crippen LogP contribution >= 0.6 is 0 Å². The standard InChI is InChI=1S/C20H40N4/c1-4-5-6-7-8-9-10-11-12-13-14-15-16-17-18-20(2,3)24-19-21-22-23-24/h19H,4-18H2,1-3H3. The molecule has 1 rings (SSSR count). The van der Waals surface area contributed by atoms with Crippen LogP contribution in [0.2, 0.25) is 0 Å². The molecule has 4 nitrogen and oxygen atoms in total. The quantitative estimate of drug-likeness (QED) is 0.334. The highest BCUT2D eigenvalue weighted by Crippen LogP contribution is 2.22. The van der Waals surface area contributed by atoms with Gasteiger partial charge in [0.05, 0.1) is 5.54 Å². The van der Waals surface area contributed by atoms with Crippen molar-refractivity contribution in [2.75, 3.05) is 0 Å². The lowest BCUT2D eigenvalue weighted by Crippen LogP contribution is -2.26. The highest BCUT2D eigenvalue weighted by Gasteiger charge is 2.20. The van der Waals surface area contributed by atoms with Gasteiger partial charge in [-0.15, -0.1) is 5.10 Å². The summed E-state index contributed by atoms with van der Waals surface area (Å²) >= 11 is 0. The Kier molecular flexibility index (Phi) is 11.8. The number of nitrogens with zero attached hydrogens (tertiary/aromatic N) is 4. The molecule has 0 bridgehead atoms. The first-order chi connectivity index (χ1) is 11.7. The number of hydrogen-bond donors (Lipinski definition) is 0. The summed E-state index contributed by atoms with van der Waals surface area (Å²) in [5.41, 5.74) is 0.0423. The van der Waals surface area contributed by atoms with E-state index < -0.39 is 0 Å². The number of tetrazole rings is 1. The second-order valence-electron chi connectivity index (χ2n) is 7.91. The van der Waals surface area contributed by atoms with Crippen LogP contribution in [-0.2, 0) is 5.54 Å². The molecule has 0 N–H and O–H groups in total. The Morgan fingerprint density at radius 2 is 1.17 bits per heavy atom. The largest absolute Gasteiger partial charge is 0.227 e. The van der Waals surface area contributed by atoms with E-state index in [1.54, 1.807) is 6.33 Å². The van der Waals surface area contributed by atoms with Gasteiger partial charge in [0.25, 0.3) is 0 Å². The molecule has 0 saturated heterocycles. The molecular formula is C20H40N4. The Morgan fingerprint density at radius 1 is 0.708 bits per heavy atom. The van der Waals surface area contributed by atoms with Crippen LogP contribution in [0.25, 0.3) is 0 Å². The van der Waals surface area contributed by atoms with Gasteiger partial charge < -0.3 is 0 Å². The maximum absolute atomic E-state index is 4.03. The summed E-state index contributed by atoms with van der Waals surface area (Å²) in [6.07, 6.45) is 22.6. The molecule has 140 valence electrons. The average molecular weight is 337 g/mol.